The quantitative estimate of drug-likeness (QED) is 0.183. The third-order valence-corrected chi connectivity index (χ3v) is 7.70. The number of fused-ring (bicyclic) bond motifs is 1. The number of carbonyl (C=O) groups is 2. The molecule has 216 valence electrons. The Morgan fingerprint density at radius 1 is 1.07 bits per heavy atom. The Labute approximate surface area is 249 Å². The van der Waals surface area contributed by atoms with E-state index in [1.807, 2.05) is 66.7 Å². The summed E-state index contributed by atoms with van der Waals surface area (Å²) in [6.45, 7) is 2.59. The van der Waals surface area contributed by atoms with Gasteiger partial charge in [0.1, 0.15) is 0 Å². The first kappa shape index (κ1) is 29.2. The number of rotatable bonds is 12. The van der Waals surface area contributed by atoms with Gasteiger partial charge in [-0.1, -0.05) is 66.2 Å². The van der Waals surface area contributed by atoms with Crippen LogP contribution in [0.25, 0.3) is 0 Å². The number of hydrogen-bond donors (Lipinski definition) is 2. The van der Waals surface area contributed by atoms with Crippen molar-refractivity contribution in [3.05, 3.63) is 113 Å². The van der Waals surface area contributed by atoms with Crippen molar-refractivity contribution >= 4 is 41.0 Å². The van der Waals surface area contributed by atoms with E-state index in [-0.39, 0.29) is 13.2 Å². The summed E-state index contributed by atoms with van der Waals surface area (Å²) >= 11 is 6.33. The predicted octanol–water partition coefficient (Wildman–Crippen LogP) is 4.78. The van der Waals surface area contributed by atoms with Crippen molar-refractivity contribution in [1.82, 2.24) is 15.0 Å². The lowest BCUT2D eigenvalue weighted by Gasteiger charge is -2.28. The van der Waals surface area contributed by atoms with E-state index in [4.69, 9.17) is 16.7 Å². The number of aliphatic hydroxyl groups is 2. The number of carbonyl (C=O) groups excluding carboxylic acids is 2. The van der Waals surface area contributed by atoms with Crippen LogP contribution in [-0.2, 0) is 34.7 Å². The van der Waals surface area contributed by atoms with Crippen molar-refractivity contribution in [3.8, 4) is 0 Å². The van der Waals surface area contributed by atoms with E-state index in [0.717, 1.165) is 23.4 Å². The number of anilines is 3. The Morgan fingerprint density at radius 3 is 2.62 bits per heavy atom. The number of aryl methyl sites for hydroxylation is 1. The van der Waals surface area contributed by atoms with Gasteiger partial charge < -0.3 is 15.1 Å². The summed E-state index contributed by atoms with van der Waals surface area (Å²) in [7, 11) is 0. The highest BCUT2D eigenvalue weighted by atomic mass is 35.5. The van der Waals surface area contributed by atoms with Crippen molar-refractivity contribution in [3.63, 3.8) is 0 Å². The Bertz CT molecular complexity index is 1590. The second-order valence-electron chi connectivity index (χ2n) is 10.3. The van der Waals surface area contributed by atoms with Gasteiger partial charge >= 0.3 is 0 Å². The van der Waals surface area contributed by atoms with Crippen LogP contribution in [0.3, 0.4) is 0 Å². The van der Waals surface area contributed by atoms with Crippen LogP contribution in [0.4, 0.5) is 17.1 Å². The molecule has 3 aromatic carbocycles. The fraction of sp³-hybridized carbons (Fsp3) is 0.250. The normalized spacial score (nSPS) is 17.0. The van der Waals surface area contributed by atoms with Crippen LogP contribution in [0.15, 0.2) is 91.1 Å². The molecular formula is C32H32ClN5O4. The highest BCUT2D eigenvalue weighted by molar-refractivity contribution is 6.31. The molecule has 9 nitrogen and oxygen atoms in total. The third-order valence-electron chi connectivity index (χ3n) is 7.46. The zero-order valence-electron chi connectivity index (χ0n) is 23.2. The summed E-state index contributed by atoms with van der Waals surface area (Å²) in [4.78, 5) is 29.0. The molecule has 10 heteroatoms. The van der Waals surface area contributed by atoms with Gasteiger partial charge in [0, 0.05) is 53.6 Å². The molecule has 5 rings (SSSR count). The van der Waals surface area contributed by atoms with Gasteiger partial charge in [-0.25, -0.2) is 0 Å². The zero-order chi connectivity index (χ0) is 29.7. The molecule has 0 saturated carbocycles. The number of aromatic nitrogens is 3. The smallest absolute Gasteiger partial charge is 0.264 e. The van der Waals surface area contributed by atoms with Crippen LogP contribution >= 0.6 is 11.6 Å². The van der Waals surface area contributed by atoms with E-state index in [1.165, 1.54) is 0 Å². The standard InChI is InChI=1S/C32H32ClN5O4/c1-23(8-5-6-16-36-21-26(15-17-39)34-35-36)32(42)29-19-25(33)13-14-30(29)37(31(32)41)20-24-9-7-12-28(18-24)38(22-40)27-10-3-2-4-11-27/h2-5,7-14,18-19,21-23,39,42H,6,15-17,20H2,1H3/b8-5+/t23-,32+/m0/s1. The fourth-order valence-electron chi connectivity index (χ4n) is 5.25. The number of aliphatic hydroxyl groups excluding tert-OH is 1. The van der Waals surface area contributed by atoms with Crippen molar-refractivity contribution in [2.45, 2.75) is 38.5 Å². The summed E-state index contributed by atoms with van der Waals surface area (Å²) in [6.07, 6.45) is 7.37. The molecule has 4 aromatic rings. The number of amides is 2. The maximum atomic E-state index is 13.9. The lowest BCUT2D eigenvalue weighted by atomic mass is 9.83. The van der Waals surface area contributed by atoms with E-state index in [2.05, 4.69) is 10.3 Å². The molecule has 42 heavy (non-hydrogen) atoms. The second kappa shape index (κ2) is 12.7. The van der Waals surface area contributed by atoms with Gasteiger partial charge in [-0.15, -0.1) is 5.10 Å². The first-order valence-electron chi connectivity index (χ1n) is 13.7. The Hall–Kier alpha value is -4.31. The molecule has 2 N–H and O–H groups in total. The summed E-state index contributed by atoms with van der Waals surface area (Å²) in [6, 6.07) is 21.8. The van der Waals surface area contributed by atoms with Gasteiger partial charge in [-0.3, -0.25) is 19.2 Å². The first-order valence-corrected chi connectivity index (χ1v) is 14.1. The Morgan fingerprint density at radius 2 is 1.86 bits per heavy atom. The number of halogens is 1. The number of hydrogen-bond acceptors (Lipinski definition) is 6. The van der Waals surface area contributed by atoms with Crippen molar-refractivity contribution in [2.24, 2.45) is 5.92 Å². The monoisotopic (exact) mass is 585 g/mol. The minimum absolute atomic E-state index is 0.0154. The third kappa shape index (κ3) is 5.85. The summed E-state index contributed by atoms with van der Waals surface area (Å²) in [5.41, 5.74) is 2.15. The maximum Gasteiger partial charge on any atom is 0.264 e. The molecule has 0 spiro atoms. The molecule has 0 saturated heterocycles. The van der Waals surface area contributed by atoms with Crippen LogP contribution in [0.1, 0.15) is 30.2 Å². The van der Waals surface area contributed by atoms with E-state index in [9.17, 15) is 14.7 Å². The SMILES string of the molecule is C[C@@H](/C=C/CCn1cc(CCO)nn1)[C@]1(O)C(=O)N(Cc2cccc(N(C=O)c3ccccc3)c2)c2ccc(Cl)cc21. The number of benzene rings is 3. The lowest BCUT2D eigenvalue weighted by molar-refractivity contribution is -0.139. The molecule has 1 aromatic heterocycles. The molecule has 0 unspecified atom stereocenters. The van der Waals surface area contributed by atoms with Gasteiger partial charge in [0.15, 0.2) is 5.60 Å². The lowest BCUT2D eigenvalue weighted by Crippen LogP contribution is -2.44. The van der Waals surface area contributed by atoms with E-state index < -0.39 is 17.4 Å². The largest absolute Gasteiger partial charge is 0.396 e. The maximum absolute atomic E-state index is 13.9. The van der Waals surface area contributed by atoms with Crippen LogP contribution in [0, 0.1) is 5.92 Å². The fourth-order valence-corrected chi connectivity index (χ4v) is 5.42. The summed E-state index contributed by atoms with van der Waals surface area (Å²) in [5, 5.41) is 29.5. The van der Waals surface area contributed by atoms with Crippen molar-refractivity contribution in [1.29, 1.82) is 0 Å². The zero-order valence-corrected chi connectivity index (χ0v) is 23.9. The molecule has 0 bridgehead atoms. The molecule has 0 aliphatic carbocycles. The average Bonchev–Trinajstić information content (AvgIpc) is 3.53. The molecule has 0 radical (unpaired) electrons. The first-order chi connectivity index (χ1) is 20.3. The summed E-state index contributed by atoms with van der Waals surface area (Å²) in [5.74, 6) is -0.995. The van der Waals surface area contributed by atoms with Crippen LogP contribution in [-0.4, -0.2) is 44.1 Å². The molecule has 2 amide bonds. The van der Waals surface area contributed by atoms with Crippen LogP contribution < -0.4 is 9.80 Å². The van der Waals surface area contributed by atoms with Gasteiger partial charge in [-0.05, 0) is 54.4 Å². The van der Waals surface area contributed by atoms with Gasteiger partial charge in [0.2, 0.25) is 6.41 Å². The average molecular weight is 586 g/mol. The topological polar surface area (TPSA) is 112 Å². The molecule has 2 atom stereocenters. The number of allylic oxidation sites excluding steroid dienone is 1. The minimum atomic E-state index is -1.81. The molecule has 2 heterocycles. The molecular weight excluding hydrogens is 554 g/mol. The minimum Gasteiger partial charge on any atom is -0.396 e. The Kier molecular flexibility index (Phi) is 8.82. The number of nitrogens with zero attached hydrogens (tertiary/aromatic N) is 5. The van der Waals surface area contributed by atoms with Crippen LogP contribution in [0.2, 0.25) is 5.02 Å². The van der Waals surface area contributed by atoms with Gasteiger partial charge in [0.25, 0.3) is 5.91 Å². The van der Waals surface area contributed by atoms with Crippen LogP contribution in [0.5, 0.6) is 0 Å². The molecule has 0 fully saturated rings. The Balaban J connectivity index is 1.36. The van der Waals surface area contributed by atoms with Crippen molar-refractivity contribution in [2.75, 3.05) is 16.4 Å². The van der Waals surface area contributed by atoms with Crippen molar-refractivity contribution < 1.29 is 19.8 Å². The highest BCUT2D eigenvalue weighted by Gasteiger charge is 2.52. The highest BCUT2D eigenvalue weighted by Crippen LogP contribution is 2.46. The van der Waals surface area contributed by atoms with E-state index >= 15 is 0 Å². The van der Waals surface area contributed by atoms with Gasteiger partial charge in [-0.2, -0.15) is 0 Å². The predicted molar refractivity (Wildman–Crippen MR) is 161 cm³/mol. The molecule has 1 aliphatic rings. The second-order valence-corrected chi connectivity index (χ2v) is 10.7. The van der Waals surface area contributed by atoms with E-state index in [1.54, 1.807) is 45.8 Å². The molecule has 1 aliphatic heterocycles. The van der Waals surface area contributed by atoms with Gasteiger partial charge in [0.05, 0.1) is 17.9 Å². The number of para-hydroxylation sites is 1. The van der Waals surface area contributed by atoms with E-state index in [0.29, 0.717) is 41.3 Å². The summed E-state index contributed by atoms with van der Waals surface area (Å²) < 4.78 is 1.70.